The lowest BCUT2D eigenvalue weighted by atomic mass is 9.84. The molecule has 0 saturated carbocycles. The molecule has 0 spiro atoms. The van der Waals surface area contributed by atoms with Crippen LogP contribution < -0.4 is 10.0 Å². The lowest BCUT2D eigenvalue weighted by molar-refractivity contribution is -0.255. The molecule has 23 heavy (non-hydrogen) atoms. The van der Waals surface area contributed by atoms with Gasteiger partial charge in [0.1, 0.15) is 0 Å². The van der Waals surface area contributed by atoms with Crippen LogP contribution in [0.1, 0.15) is 62.7 Å². The van der Waals surface area contributed by atoms with Crippen LogP contribution in [0.15, 0.2) is 36.4 Å². The molecule has 0 unspecified atom stereocenters. The average molecular weight is 306 g/mol. The third-order valence-electron chi connectivity index (χ3n) is 5.04. The summed E-state index contributed by atoms with van der Waals surface area (Å²) in [5, 5.41) is 11.4. The Bertz CT molecular complexity index is 856. The molecule has 0 aromatic heterocycles. The predicted octanol–water partition coefficient (Wildman–Crippen LogP) is 2.57. The first-order valence-corrected chi connectivity index (χ1v) is 7.78. The minimum atomic E-state index is -1.30. The molecule has 2 aromatic rings. The first-order valence-electron chi connectivity index (χ1n) is 7.78. The molecule has 2 aromatic carbocycles. The molecule has 0 aliphatic carbocycles. The second kappa shape index (κ2) is 4.69. The lowest BCUT2D eigenvalue weighted by Gasteiger charge is -2.37. The van der Waals surface area contributed by atoms with Crippen molar-refractivity contribution in [3.8, 4) is 0 Å². The molecule has 2 aliphatic rings. The zero-order valence-electron chi connectivity index (χ0n) is 13.0. The number of aromatic carboxylic acids is 1. The summed E-state index contributed by atoms with van der Waals surface area (Å²) in [6.07, 6.45) is 0.797. The van der Waals surface area contributed by atoms with Crippen molar-refractivity contribution in [3.63, 3.8) is 0 Å². The van der Waals surface area contributed by atoms with E-state index in [0.717, 1.165) is 28.8 Å². The number of carbonyl (C=O) groups excluding carboxylic acids is 2. The average Bonchev–Trinajstić information content (AvgIpc) is 2.81. The Morgan fingerprint density at radius 3 is 2.61 bits per heavy atom. The highest BCUT2D eigenvalue weighted by molar-refractivity contribution is 6.16. The number of rotatable bonds is 1. The molecule has 2 atom stereocenters. The SMILES string of the molecule is Cc1cccc2c1N1C(=O)c3c(C(=O)[O-])cccc3[C@@H]1C[C@@H]2C. The van der Waals surface area contributed by atoms with Crippen molar-refractivity contribution in [2.75, 3.05) is 4.90 Å². The fourth-order valence-electron chi connectivity index (χ4n) is 4.02. The van der Waals surface area contributed by atoms with Crippen LogP contribution in [0.4, 0.5) is 5.69 Å². The number of hydrogen-bond acceptors (Lipinski definition) is 3. The number of para-hydroxylation sites is 1. The first kappa shape index (κ1) is 14.0. The maximum absolute atomic E-state index is 13.0. The second-order valence-electron chi connectivity index (χ2n) is 6.40. The van der Waals surface area contributed by atoms with Gasteiger partial charge in [-0.15, -0.1) is 0 Å². The zero-order chi connectivity index (χ0) is 16.3. The number of anilines is 1. The fourth-order valence-corrected chi connectivity index (χ4v) is 4.02. The highest BCUT2D eigenvalue weighted by atomic mass is 16.4. The summed E-state index contributed by atoms with van der Waals surface area (Å²) in [6.45, 7) is 4.14. The van der Waals surface area contributed by atoms with Gasteiger partial charge in [-0.3, -0.25) is 4.79 Å². The summed E-state index contributed by atoms with van der Waals surface area (Å²) in [5.41, 5.74) is 4.21. The standard InChI is InChI=1S/C19H17NO3/c1-10-5-3-6-12-11(2)9-15-13-7-4-8-14(19(22)23)16(13)18(21)20(15)17(10)12/h3-8,11,15H,9H2,1-2H3,(H,22,23)/p-1/t11-,15-/m0/s1. The molecule has 0 saturated heterocycles. The molecule has 0 N–H and O–H groups in total. The molecule has 4 nitrogen and oxygen atoms in total. The van der Waals surface area contributed by atoms with Gasteiger partial charge in [0.2, 0.25) is 0 Å². The molecule has 0 radical (unpaired) electrons. The van der Waals surface area contributed by atoms with E-state index in [-0.39, 0.29) is 17.5 Å². The first-order chi connectivity index (χ1) is 11.0. The van der Waals surface area contributed by atoms with Crippen molar-refractivity contribution < 1.29 is 14.7 Å². The molecular weight excluding hydrogens is 290 g/mol. The minimum absolute atomic E-state index is 0.00955. The van der Waals surface area contributed by atoms with Crippen LogP contribution in [0, 0.1) is 6.92 Å². The van der Waals surface area contributed by atoms with Crippen LogP contribution >= 0.6 is 0 Å². The number of fused-ring (bicyclic) bond motifs is 5. The Kier molecular flexibility index (Phi) is 2.85. The van der Waals surface area contributed by atoms with Gasteiger partial charge in [0.05, 0.1) is 23.3 Å². The van der Waals surface area contributed by atoms with Crippen LogP contribution in [-0.4, -0.2) is 11.9 Å². The molecule has 0 bridgehead atoms. The van der Waals surface area contributed by atoms with E-state index in [4.69, 9.17) is 0 Å². The zero-order valence-corrected chi connectivity index (χ0v) is 13.0. The Balaban J connectivity index is 1.98. The van der Waals surface area contributed by atoms with E-state index in [1.807, 2.05) is 25.1 Å². The quantitative estimate of drug-likeness (QED) is 0.813. The van der Waals surface area contributed by atoms with Gasteiger partial charge < -0.3 is 14.8 Å². The molecule has 2 heterocycles. The van der Waals surface area contributed by atoms with Crippen LogP contribution in [0.5, 0.6) is 0 Å². The summed E-state index contributed by atoms with van der Waals surface area (Å²) in [6, 6.07) is 11.0. The fraction of sp³-hybridized carbons (Fsp3) is 0.263. The Morgan fingerprint density at radius 2 is 1.87 bits per heavy atom. The van der Waals surface area contributed by atoms with Crippen molar-refractivity contribution in [2.45, 2.75) is 32.2 Å². The van der Waals surface area contributed by atoms with E-state index in [9.17, 15) is 14.7 Å². The van der Waals surface area contributed by atoms with Crippen LogP contribution in [0.3, 0.4) is 0 Å². The lowest BCUT2D eigenvalue weighted by Crippen LogP contribution is -2.34. The van der Waals surface area contributed by atoms with Gasteiger partial charge in [-0.05, 0) is 36.0 Å². The molecule has 116 valence electrons. The van der Waals surface area contributed by atoms with Gasteiger partial charge in [-0.1, -0.05) is 43.3 Å². The smallest absolute Gasteiger partial charge is 0.259 e. The highest BCUT2D eigenvalue weighted by Gasteiger charge is 2.44. The molecule has 0 fully saturated rings. The van der Waals surface area contributed by atoms with Crippen molar-refractivity contribution in [1.82, 2.24) is 0 Å². The number of carboxylic acid groups (broad SMARTS) is 1. The van der Waals surface area contributed by atoms with Crippen molar-refractivity contribution in [3.05, 3.63) is 64.2 Å². The van der Waals surface area contributed by atoms with Gasteiger partial charge in [-0.25, -0.2) is 0 Å². The number of aryl methyl sites for hydroxylation is 1. The highest BCUT2D eigenvalue weighted by Crippen LogP contribution is 2.50. The molecule has 4 heteroatoms. The summed E-state index contributed by atoms with van der Waals surface area (Å²) < 4.78 is 0. The van der Waals surface area contributed by atoms with Crippen LogP contribution in [0.2, 0.25) is 0 Å². The number of benzene rings is 2. The largest absolute Gasteiger partial charge is 0.545 e. The summed E-state index contributed by atoms with van der Waals surface area (Å²) in [7, 11) is 0. The van der Waals surface area contributed by atoms with Crippen molar-refractivity contribution in [2.24, 2.45) is 0 Å². The summed E-state index contributed by atoms with van der Waals surface area (Å²) in [4.78, 5) is 26.2. The van der Waals surface area contributed by atoms with E-state index in [2.05, 4.69) is 13.0 Å². The number of amides is 1. The maximum Gasteiger partial charge on any atom is 0.259 e. The molecule has 2 aliphatic heterocycles. The number of carboxylic acids is 1. The van der Waals surface area contributed by atoms with Gasteiger partial charge >= 0.3 is 0 Å². The van der Waals surface area contributed by atoms with Gasteiger partial charge in [0, 0.05) is 5.56 Å². The van der Waals surface area contributed by atoms with E-state index < -0.39 is 5.97 Å². The predicted molar refractivity (Wildman–Crippen MR) is 84.5 cm³/mol. The third-order valence-corrected chi connectivity index (χ3v) is 5.04. The maximum atomic E-state index is 13.0. The summed E-state index contributed by atoms with van der Waals surface area (Å²) in [5.74, 6) is -1.21. The minimum Gasteiger partial charge on any atom is -0.545 e. The molecular formula is C19H16NO3-. The number of nitrogens with zero attached hydrogens (tertiary/aromatic N) is 1. The van der Waals surface area contributed by atoms with Crippen molar-refractivity contribution >= 4 is 17.6 Å². The number of hydrogen-bond donors (Lipinski definition) is 0. The molecule has 4 rings (SSSR count). The van der Waals surface area contributed by atoms with E-state index in [1.165, 1.54) is 6.07 Å². The van der Waals surface area contributed by atoms with Crippen LogP contribution in [0.25, 0.3) is 0 Å². The van der Waals surface area contributed by atoms with E-state index >= 15 is 0 Å². The summed E-state index contributed by atoms with van der Waals surface area (Å²) >= 11 is 0. The monoisotopic (exact) mass is 306 g/mol. The topological polar surface area (TPSA) is 60.4 Å². The van der Waals surface area contributed by atoms with Gasteiger partial charge in [0.15, 0.2) is 0 Å². The molecule has 1 amide bonds. The Labute approximate surface area is 134 Å². The Morgan fingerprint density at radius 1 is 1.17 bits per heavy atom. The third kappa shape index (κ3) is 1.78. The van der Waals surface area contributed by atoms with Gasteiger partial charge in [-0.2, -0.15) is 0 Å². The second-order valence-corrected chi connectivity index (χ2v) is 6.40. The number of carbonyl (C=O) groups is 2. The van der Waals surface area contributed by atoms with Gasteiger partial charge in [0.25, 0.3) is 5.91 Å². The van der Waals surface area contributed by atoms with Crippen LogP contribution in [-0.2, 0) is 0 Å². The normalized spacial score (nSPS) is 21.7. The Hall–Kier alpha value is -2.62. The van der Waals surface area contributed by atoms with E-state index in [0.29, 0.717) is 11.5 Å². The van der Waals surface area contributed by atoms with E-state index in [1.54, 1.807) is 11.0 Å². The van der Waals surface area contributed by atoms with Crippen molar-refractivity contribution in [1.29, 1.82) is 0 Å².